The highest BCUT2D eigenvalue weighted by Crippen LogP contribution is 2.34. The fourth-order valence-corrected chi connectivity index (χ4v) is 2.52. The molecule has 0 aliphatic carbocycles. The molecular formula is C19H30O6. The molecule has 0 saturated carbocycles. The van der Waals surface area contributed by atoms with Gasteiger partial charge in [0.1, 0.15) is 11.9 Å². The number of hydrogen-bond acceptors (Lipinski definition) is 6. The van der Waals surface area contributed by atoms with Crippen molar-refractivity contribution in [3.63, 3.8) is 0 Å². The maximum atomic E-state index is 11.7. The molecule has 0 spiro atoms. The number of carbonyl (C=O) groups is 1. The van der Waals surface area contributed by atoms with Crippen LogP contribution < -0.4 is 0 Å². The van der Waals surface area contributed by atoms with Gasteiger partial charge in [-0.05, 0) is 28.5 Å². The van der Waals surface area contributed by atoms with E-state index in [-0.39, 0.29) is 18.4 Å². The molecule has 2 unspecified atom stereocenters. The van der Waals surface area contributed by atoms with Crippen LogP contribution in [0.15, 0.2) is 12.1 Å². The van der Waals surface area contributed by atoms with Crippen LogP contribution in [0.2, 0.25) is 0 Å². The lowest BCUT2D eigenvalue weighted by Gasteiger charge is -2.23. The Morgan fingerprint density at radius 3 is 2.36 bits per heavy atom. The highest BCUT2D eigenvalue weighted by Gasteiger charge is 2.22. The van der Waals surface area contributed by atoms with Crippen LogP contribution >= 0.6 is 0 Å². The molecule has 0 fully saturated rings. The van der Waals surface area contributed by atoms with Crippen LogP contribution in [0.1, 0.15) is 50.8 Å². The molecule has 0 aliphatic heterocycles. The van der Waals surface area contributed by atoms with Gasteiger partial charge in [-0.3, -0.25) is 4.79 Å². The summed E-state index contributed by atoms with van der Waals surface area (Å²) in [4.78, 5) is 11.7. The quantitative estimate of drug-likeness (QED) is 0.526. The summed E-state index contributed by atoms with van der Waals surface area (Å²) in [7, 11) is 0. The number of aliphatic hydroxyl groups excluding tert-OH is 3. The summed E-state index contributed by atoms with van der Waals surface area (Å²) in [6.07, 6.45) is -1.88. The van der Waals surface area contributed by atoms with Crippen LogP contribution in [0, 0.1) is 0 Å². The molecule has 0 saturated heterocycles. The minimum atomic E-state index is -1.36. The molecule has 0 amide bonds. The lowest BCUT2D eigenvalue weighted by atomic mass is 9.83. The number of aryl methyl sites for hydroxylation is 1. The van der Waals surface area contributed by atoms with Gasteiger partial charge in [-0.1, -0.05) is 39.8 Å². The number of carbonyl (C=O) groups excluding carboxylic acids is 1. The lowest BCUT2D eigenvalue weighted by Crippen LogP contribution is -2.32. The fraction of sp³-hybridized carbons (Fsp3) is 0.632. The second-order valence-corrected chi connectivity index (χ2v) is 7.25. The van der Waals surface area contributed by atoms with Gasteiger partial charge >= 0.3 is 5.97 Å². The molecule has 0 heterocycles. The summed E-state index contributed by atoms with van der Waals surface area (Å²) in [5, 5.41) is 37.8. The van der Waals surface area contributed by atoms with Gasteiger partial charge in [0, 0.05) is 6.42 Å². The fourth-order valence-electron chi connectivity index (χ4n) is 2.52. The molecule has 6 nitrogen and oxygen atoms in total. The second kappa shape index (κ2) is 9.17. The van der Waals surface area contributed by atoms with Gasteiger partial charge in [0.05, 0.1) is 25.7 Å². The van der Waals surface area contributed by atoms with Crippen LogP contribution in [0.4, 0.5) is 0 Å². The van der Waals surface area contributed by atoms with Crippen LogP contribution in [0.3, 0.4) is 0 Å². The van der Waals surface area contributed by atoms with E-state index in [0.717, 1.165) is 16.7 Å². The van der Waals surface area contributed by atoms with Crippen molar-refractivity contribution in [3.8, 4) is 5.75 Å². The number of aromatic hydroxyl groups is 1. The maximum absolute atomic E-state index is 11.7. The van der Waals surface area contributed by atoms with E-state index in [1.807, 2.05) is 39.8 Å². The van der Waals surface area contributed by atoms with E-state index >= 15 is 0 Å². The smallest absolute Gasteiger partial charge is 0.308 e. The van der Waals surface area contributed by atoms with Crippen LogP contribution in [-0.2, 0) is 27.8 Å². The number of rotatable bonds is 8. The Morgan fingerprint density at radius 2 is 1.84 bits per heavy atom. The molecule has 142 valence electrons. The number of phenols is 1. The third kappa shape index (κ3) is 6.30. The van der Waals surface area contributed by atoms with Crippen LogP contribution in [-0.4, -0.2) is 51.8 Å². The van der Waals surface area contributed by atoms with Crippen molar-refractivity contribution in [1.82, 2.24) is 0 Å². The van der Waals surface area contributed by atoms with E-state index < -0.39 is 24.8 Å². The van der Waals surface area contributed by atoms with Crippen LogP contribution in [0.5, 0.6) is 5.75 Å². The summed E-state index contributed by atoms with van der Waals surface area (Å²) in [5.74, 6) is -0.317. The molecule has 0 bridgehead atoms. The summed E-state index contributed by atoms with van der Waals surface area (Å²) in [6.45, 7) is 7.58. The van der Waals surface area contributed by atoms with E-state index in [2.05, 4.69) is 0 Å². The molecule has 0 radical (unpaired) electrons. The van der Waals surface area contributed by atoms with E-state index in [0.29, 0.717) is 18.6 Å². The first kappa shape index (κ1) is 21.4. The SMILES string of the molecule is CCc1cc(CCOC(=O)CC(O)C(O)CO)cc(C(C)(C)C)c1O. The van der Waals surface area contributed by atoms with Gasteiger partial charge in [0.15, 0.2) is 0 Å². The lowest BCUT2D eigenvalue weighted by molar-refractivity contribution is -0.148. The highest BCUT2D eigenvalue weighted by atomic mass is 16.5. The second-order valence-electron chi connectivity index (χ2n) is 7.25. The zero-order valence-electron chi connectivity index (χ0n) is 15.5. The first-order chi connectivity index (χ1) is 11.6. The Balaban J connectivity index is 2.70. The molecule has 6 heteroatoms. The Labute approximate surface area is 149 Å². The van der Waals surface area contributed by atoms with Crippen molar-refractivity contribution in [2.45, 2.75) is 64.6 Å². The van der Waals surface area contributed by atoms with Crippen molar-refractivity contribution in [1.29, 1.82) is 0 Å². The molecular weight excluding hydrogens is 324 g/mol. The van der Waals surface area contributed by atoms with Crippen molar-refractivity contribution >= 4 is 5.97 Å². The average molecular weight is 354 g/mol. The Morgan fingerprint density at radius 1 is 1.20 bits per heavy atom. The minimum absolute atomic E-state index is 0.137. The Hall–Kier alpha value is -1.63. The zero-order chi connectivity index (χ0) is 19.2. The summed E-state index contributed by atoms with van der Waals surface area (Å²) >= 11 is 0. The van der Waals surface area contributed by atoms with Gasteiger partial charge in [-0.15, -0.1) is 0 Å². The zero-order valence-corrected chi connectivity index (χ0v) is 15.5. The third-order valence-electron chi connectivity index (χ3n) is 4.10. The minimum Gasteiger partial charge on any atom is -0.507 e. The van der Waals surface area contributed by atoms with Gasteiger partial charge in [-0.2, -0.15) is 0 Å². The molecule has 0 aromatic heterocycles. The molecule has 25 heavy (non-hydrogen) atoms. The average Bonchev–Trinajstić information content (AvgIpc) is 2.53. The summed E-state index contributed by atoms with van der Waals surface area (Å²) in [6, 6.07) is 3.83. The Kier molecular flexibility index (Phi) is 7.86. The van der Waals surface area contributed by atoms with Crippen molar-refractivity contribution in [2.75, 3.05) is 13.2 Å². The number of hydrogen-bond donors (Lipinski definition) is 4. The van der Waals surface area contributed by atoms with E-state index in [4.69, 9.17) is 9.84 Å². The highest BCUT2D eigenvalue weighted by molar-refractivity contribution is 5.70. The summed E-state index contributed by atoms with van der Waals surface area (Å²) < 4.78 is 5.09. The van der Waals surface area contributed by atoms with Crippen molar-refractivity contribution in [2.24, 2.45) is 0 Å². The van der Waals surface area contributed by atoms with Crippen molar-refractivity contribution < 1.29 is 30.0 Å². The van der Waals surface area contributed by atoms with E-state index in [1.165, 1.54) is 0 Å². The summed E-state index contributed by atoms with van der Waals surface area (Å²) in [5.41, 5.74) is 2.47. The normalized spacial score (nSPS) is 14.2. The maximum Gasteiger partial charge on any atom is 0.308 e. The first-order valence-electron chi connectivity index (χ1n) is 8.58. The molecule has 0 aliphatic rings. The topological polar surface area (TPSA) is 107 Å². The van der Waals surface area contributed by atoms with E-state index in [1.54, 1.807) is 0 Å². The molecule has 1 rings (SSSR count). The molecule has 4 N–H and O–H groups in total. The predicted molar refractivity (Wildman–Crippen MR) is 94.6 cm³/mol. The third-order valence-corrected chi connectivity index (χ3v) is 4.10. The molecule has 2 atom stereocenters. The number of esters is 1. The first-order valence-corrected chi connectivity index (χ1v) is 8.58. The van der Waals surface area contributed by atoms with Gasteiger partial charge in [-0.25, -0.2) is 0 Å². The number of aliphatic hydroxyl groups is 3. The van der Waals surface area contributed by atoms with Crippen LogP contribution in [0.25, 0.3) is 0 Å². The van der Waals surface area contributed by atoms with Crippen molar-refractivity contribution in [3.05, 3.63) is 28.8 Å². The van der Waals surface area contributed by atoms with Gasteiger partial charge in [0.2, 0.25) is 0 Å². The molecule has 1 aromatic carbocycles. The largest absolute Gasteiger partial charge is 0.507 e. The monoisotopic (exact) mass is 354 g/mol. The Bertz CT molecular complexity index is 576. The number of phenolic OH excluding ortho intramolecular Hbond substituents is 1. The molecule has 1 aromatic rings. The standard InChI is InChI=1S/C19H30O6/c1-5-13-8-12(9-14(18(13)24)19(2,3)4)6-7-25-17(23)10-15(21)16(22)11-20/h8-9,15-16,20-22,24H,5-7,10-11H2,1-4H3. The van der Waals surface area contributed by atoms with Gasteiger partial charge < -0.3 is 25.2 Å². The van der Waals surface area contributed by atoms with Gasteiger partial charge in [0.25, 0.3) is 0 Å². The number of ether oxygens (including phenoxy) is 1. The predicted octanol–water partition coefficient (Wildman–Crippen LogP) is 1.44. The number of benzene rings is 1. The van der Waals surface area contributed by atoms with E-state index in [9.17, 15) is 20.1 Å².